The summed E-state index contributed by atoms with van der Waals surface area (Å²) < 4.78 is 0.942. The van der Waals surface area contributed by atoms with E-state index in [0.717, 1.165) is 15.7 Å². The Morgan fingerprint density at radius 1 is 0.923 bits per heavy atom. The van der Waals surface area contributed by atoms with Crippen molar-refractivity contribution in [2.24, 2.45) is 0 Å². The molecule has 0 bridgehead atoms. The number of Topliss-reactive ketones (excluding diaryl/α,β-unsaturated/α-hetero) is 1. The summed E-state index contributed by atoms with van der Waals surface area (Å²) in [6.07, 6.45) is 0.300. The molecule has 0 aromatic heterocycles. The quantitative estimate of drug-likeness (QED) is 0.404. The van der Waals surface area contributed by atoms with Gasteiger partial charge in [-0.3, -0.25) is 4.79 Å². The predicted octanol–water partition coefficient (Wildman–Crippen LogP) is 7.18. The summed E-state index contributed by atoms with van der Waals surface area (Å²) in [7, 11) is 0. The van der Waals surface area contributed by atoms with Crippen LogP contribution in [0.4, 0.5) is 5.69 Å². The number of carbonyl (C=O) groups excluding carboxylic acids is 1. The number of halogens is 3. The van der Waals surface area contributed by atoms with Gasteiger partial charge < -0.3 is 5.32 Å². The Morgan fingerprint density at radius 2 is 1.62 bits per heavy atom. The molecular formula is C21H16BrCl2NO. The van der Waals surface area contributed by atoms with Gasteiger partial charge in [0.2, 0.25) is 0 Å². The van der Waals surface area contributed by atoms with E-state index in [1.54, 1.807) is 12.1 Å². The number of benzene rings is 3. The topological polar surface area (TPSA) is 29.1 Å². The van der Waals surface area contributed by atoms with Gasteiger partial charge in [0.25, 0.3) is 0 Å². The Labute approximate surface area is 171 Å². The number of hydrogen-bond acceptors (Lipinski definition) is 2. The molecule has 0 amide bonds. The number of carbonyl (C=O) groups is 1. The first-order valence-electron chi connectivity index (χ1n) is 8.08. The van der Waals surface area contributed by atoms with E-state index in [2.05, 4.69) is 21.2 Å². The smallest absolute Gasteiger partial charge is 0.165 e. The molecule has 0 fully saturated rings. The number of ketones is 1. The summed E-state index contributed by atoms with van der Waals surface area (Å²) in [5.74, 6) is 0.0528. The lowest BCUT2D eigenvalue weighted by molar-refractivity contribution is 0.0976. The van der Waals surface area contributed by atoms with Gasteiger partial charge in [-0.1, -0.05) is 75.5 Å². The van der Waals surface area contributed by atoms with Gasteiger partial charge in [-0.05, 0) is 42.0 Å². The summed E-state index contributed by atoms with van der Waals surface area (Å²) >= 11 is 15.6. The summed E-state index contributed by atoms with van der Waals surface area (Å²) in [6, 6.07) is 22.4. The van der Waals surface area contributed by atoms with E-state index in [9.17, 15) is 4.79 Å². The van der Waals surface area contributed by atoms with Crippen LogP contribution in [0.15, 0.2) is 77.3 Å². The molecule has 1 unspecified atom stereocenters. The third kappa shape index (κ3) is 4.88. The summed E-state index contributed by atoms with van der Waals surface area (Å²) in [6.45, 7) is 0. The lowest BCUT2D eigenvalue weighted by Gasteiger charge is -2.20. The highest BCUT2D eigenvalue weighted by Gasteiger charge is 2.18. The maximum Gasteiger partial charge on any atom is 0.165 e. The van der Waals surface area contributed by atoms with Crippen molar-refractivity contribution in [1.29, 1.82) is 0 Å². The van der Waals surface area contributed by atoms with Crippen molar-refractivity contribution in [2.75, 3.05) is 5.32 Å². The van der Waals surface area contributed by atoms with E-state index in [1.807, 2.05) is 60.7 Å². The van der Waals surface area contributed by atoms with Crippen molar-refractivity contribution >= 4 is 50.6 Å². The second-order valence-electron chi connectivity index (χ2n) is 5.87. The highest BCUT2D eigenvalue weighted by molar-refractivity contribution is 9.10. The van der Waals surface area contributed by atoms with Crippen molar-refractivity contribution < 1.29 is 4.79 Å². The molecule has 0 aliphatic carbocycles. The van der Waals surface area contributed by atoms with Gasteiger partial charge in [-0.15, -0.1) is 0 Å². The largest absolute Gasteiger partial charge is 0.378 e. The van der Waals surface area contributed by atoms with Gasteiger partial charge in [-0.25, -0.2) is 0 Å². The molecule has 26 heavy (non-hydrogen) atoms. The molecule has 132 valence electrons. The average molecular weight is 449 g/mol. The number of nitrogens with one attached hydrogen (secondary N) is 1. The summed E-state index contributed by atoms with van der Waals surface area (Å²) in [4.78, 5) is 12.8. The molecular weight excluding hydrogens is 433 g/mol. The highest BCUT2D eigenvalue weighted by atomic mass is 79.9. The molecule has 2 nitrogen and oxygen atoms in total. The monoisotopic (exact) mass is 447 g/mol. The Morgan fingerprint density at radius 3 is 2.27 bits per heavy atom. The van der Waals surface area contributed by atoms with Gasteiger partial charge in [-0.2, -0.15) is 0 Å². The van der Waals surface area contributed by atoms with Crippen LogP contribution < -0.4 is 5.32 Å². The zero-order valence-electron chi connectivity index (χ0n) is 13.8. The minimum absolute atomic E-state index is 0.0528. The molecule has 0 saturated heterocycles. The molecule has 0 spiro atoms. The maximum absolute atomic E-state index is 12.8. The number of rotatable bonds is 6. The van der Waals surface area contributed by atoms with Crippen LogP contribution >= 0.6 is 39.1 Å². The highest BCUT2D eigenvalue weighted by Crippen LogP contribution is 2.30. The third-order valence-electron chi connectivity index (χ3n) is 4.02. The lowest BCUT2D eigenvalue weighted by atomic mass is 9.97. The molecule has 0 aliphatic rings. The van der Waals surface area contributed by atoms with Crippen LogP contribution in [0.2, 0.25) is 10.0 Å². The standard InChI is InChI=1S/C21H16BrCl2NO/c22-16-9-6-14(7-10-16)21(26)13-20(25-17-4-2-1-3-5-17)15-8-11-18(23)19(24)12-15/h1-12,20,25H,13H2. The van der Waals surface area contributed by atoms with Gasteiger partial charge in [0.05, 0.1) is 16.1 Å². The number of anilines is 1. The van der Waals surface area contributed by atoms with E-state index in [4.69, 9.17) is 23.2 Å². The van der Waals surface area contributed by atoms with Crippen molar-refractivity contribution in [3.05, 3.63) is 98.4 Å². The zero-order chi connectivity index (χ0) is 18.5. The SMILES string of the molecule is O=C(CC(Nc1ccccc1)c1ccc(Cl)c(Cl)c1)c1ccc(Br)cc1. The normalized spacial score (nSPS) is 11.8. The molecule has 0 saturated carbocycles. The molecule has 3 rings (SSSR count). The Balaban J connectivity index is 1.87. The molecule has 0 aliphatic heterocycles. The Bertz CT molecular complexity index is 898. The van der Waals surface area contributed by atoms with Crippen LogP contribution in [0.25, 0.3) is 0 Å². The third-order valence-corrected chi connectivity index (χ3v) is 5.28. The van der Waals surface area contributed by atoms with Crippen molar-refractivity contribution in [2.45, 2.75) is 12.5 Å². The summed E-state index contributed by atoms with van der Waals surface area (Å²) in [5.41, 5.74) is 2.52. The predicted molar refractivity (Wildman–Crippen MR) is 112 cm³/mol. The van der Waals surface area contributed by atoms with E-state index in [0.29, 0.717) is 22.0 Å². The van der Waals surface area contributed by atoms with E-state index in [1.165, 1.54) is 0 Å². The van der Waals surface area contributed by atoms with E-state index < -0.39 is 0 Å². The van der Waals surface area contributed by atoms with Crippen LogP contribution in [0.5, 0.6) is 0 Å². The lowest BCUT2D eigenvalue weighted by Crippen LogP contribution is -2.16. The fraction of sp³-hybridized carbons (Fsp3) is 0.0952. The second-order valence-corrected chi connectivity index (χ2v) is 7.60. The first kappa shape index (κ1) is 19.0. The zero-order valence-corrected chi connectivity index (χ0v) is 16.9. The van der Waals surface area contributed by atoms with Crippen LogP contribution in [0.3, 0.4) is 0 Å². The van der Waals surface area contributed by atoms with Gasteiger partial charge in [0.15, 0.2) is 5.78 Å². The van der Waals surface area contributed by atoms with Crippen LogP contribution in [0.1, 0.15) is 28.4 Å². The fourth-order valence-electron chi connectivity index (χ4n) is 2.66. The molecule has 0 heterocycles. The second kappa shape index (κ2) is 8.72. The molecule has 1 atom stereocenters. The van der Waals surface area contributed by atoms with Crippen molar-refractivity contribution in [3.63, 3.8) is 0 Å². The van der Waals surface area contributed by atoms with Crippen molar-refractivity contribution in [1.82, 2.24) is 0 Å². The maximum atomic E-state index is 12.8. The Hall–Kier alpha value is -1.81. The van der Waals surface area contributed by atoms with Gasteiger partial charge >= 0.3 is 0 Å². The number of para-hydroxylation sites is 1. The first-order valence-corrected chi connectivity index (χ1v) is 9.63. The molecule has 0 radical (unpaired) electrons. The van der Waals surface area contributed by atoms with Crippen LogP contribution in [-0.4, -0.2) is 5.78 Å². The molecule has 1 N–H and O–H groups in total. The number of hydrogen-bond donors (Lipinski definition) is 1. The van der Waals surface area contributed by atoms with E-state index in [-0.39, 0.29) is 11.8 Å². The molecule has 3 aromatic carbocycles. The van der Waals surface area contributed by atoms with Crippen molar-refractivity contribution in [3.8, 4) is 0 Å². The Kier molecular flexibility index (Phi) is 6.36. The minimum atomic E-state index is -0.219. The van der Waals surface area contributed by atoms with Gasteiger partial charge in [0, 0.05) is 22.1 Å². The van der Waals surface area contributed by atoms with E-state index >= 15 is 0 Å². The van der Waals surface area contributed by atoms with Crippen LogP contribution in [-0.2, 0) is 0 Å². The average Bonchev–Trinajstić information content (AvgIpc) is 2.65. The molecule has 5 heteroatoms. The first-order chi connectivity index (χ1) is 12.5. The minimum Gasteiger partial charge on any atom is -0.378 e. The molecule has 3 aromatic rings. The summed E-state index contributed by atoms with van der Waals surface area (Å²) in [5, 5.41) is 4.39. The fourth-order valence-corrected chi connectivity index (χ4v) is 3.23. The van der Waals surface area contributed by atoms with Gasteiger partial charge in [0.1, 0.15) is 0 Å². The van der Waals surface area contributed by atoms with Crippen LogP contribution in [0, 0.1) is 0 Å².